The van der Waals surface area contributed by atoms with E-state index >= 15 is 0 Å². The Balaban J connectivity index is 0.00000196. The minimum Gasteiger partial charge on any atom is -0.506 e. The Hall–Kier alpha value is -4.29. The molecule has 0 spiro atoms. The van der Waals surface area contributed by atoms with Gasteiger partial charge in [0.25, 0.3) is 5.91 Å². The summed E-state index contributed by atoms with van der Waals surface area (Å²) in [5.74, 6) is -1.16. The van der Waals surface area contributed by atoms with Crippen molar-refractivity contribution in [2.75, 3.05) is 33.4 Å². The molecule has 3 amide bonds. The number of halogens is 1. The van der Waals surface area contributed by atoms with Crippen molar-refractivity contribution in [2.45, 2.75) is 39.7 Å². The molecule has 12 heteroatoms. The Morgan fingerprint density at radius 2 is 1.93 bits per heavy atom. The average molecular weight is 574 g/mol. The van der Waals surface area contributed by atoms with Gasteiger partial charge in [-0.25, -0.2) is 4.39 Å². The van der Waals surface area contributed by atoms with Gasteiger partial charge in [0.1, 0.15) is 23.0 Å². The maximum atomic E-state index is 13.3. The molecular weight excluding hydrogens is 533 g/mol. The first-order valence-corrected chi connectivity index (χ1v) is 12.9. The molecule has 0 saturated carbocycles. The molecule has 0 unspecified atom stereocenters. The molecule has 0 atom stereocenters. The first-order valence-electron chi connectivity index (χ1n) is 12.9. The van der Waals surface area contributed by atoms with Crippen LogP contribution in [0.5, 0.6) is 0 Å². The van der Waals surface area contributed by atoms with Gasteiger partial charge in [-0.2, -0.15) is 0 Å². The first-order chi connectivity index (χ1) is 19.6. The second-order valence-corrected chi connectivity index (χ2v) is 9.13. The van der Waals surface area contributed by atoms with Crippen LogP contribution in [0.3, 0.4) is 0 Å². The monoisotopic (exact) mass is 573 g/mol. The zero-order chi connectivity index (χ0) is 30.8. The summed E-state index contributed by atoms with van der Waals surface area (Å²) in [6.45, 7) is 12.9. The number of benzene rings is 1. The highest BCUT2D eigenvalue weighted by Crippen LogP contribution is 2.31. The number of amides is 3. The van der Waals surface area contributed by atoms with Gasteiger partial charge >= 0.3 is 0 Å². The van der Waals surface area contributed by atoms with E-state index in [2.05, 4.69) is 27.7 Å². The molecular formula is C29H40FN5O6. The number of nitrogens with one attached hydrogen (secondary N) is 3. The number of carbonyl (C=O) groups excluding carboxylic acids is 3. The molecule has 0 bridgehead atoms. The fraction of sp³-hybridized carbons (Fsp3) is 0.379. The molecule has 1 heterocycles. The number of allylic oxidation sites excluding steroid dienone is 2. The molecule has 11 nitrogen and oxygen atoms in total. The highest BCUT2D eigenvalue weighted by Gasteiger charge is 2.30. The summed E-state index contributed by atoms with van der Waals surface area (Å²) in [6.07, 6.45) is 5.62. The SMILES string of the molecule is C=NC(/C(O)=C/C)=C1\C(=C\Cc2ccc(F)cc2)OC(C(=O)NCC(C)(C)NCCOCC)=CN1C=O.CNC=O. The van der Waals surface area contributed by atoms with E-state index in [0.717, 1.165) is 10.5 Å². The van der Waals surface area contributed by atoms with Crippen LogP contribution in [0.1, 0.15) is 33.3 Å². The normalized spacial score (nSPS) is 15.6. The third kappa shape index (κ3) is 11.8. The van der Waals surface area contributed by atoms with Crippen LogP contribution in [0.4, 0.5) is 4.39 Å². The topological polar surface area (TPSA) is 142 Å². The first kappa shape index (κ1) is 34.7. The molecule has 0 aliphatic carbocycles. The lowest BCUT2D eigenvalue weighted by atomic mass is 10.1. The number of carbonyl (C=O) groups is 3. The maximum absolute atomic E-state index is 13.3. The standard InChI is InChI=1S/C27H35FN4O5.C2H5NO/c1-6-21(34)24(29-5)25-22(13-10-19-8-11-20(28)12-9-19)37-23(16-32(25)18-33)26(35)30-17-27(3,4)31-14-15-36-7-2;1-3-2-4/h6,8-9,11-13,16,18,31,34H,5,7,10,14-15,17H2,1-4H3,(H,30,35);2H,1H3,(H,3,4)/b21-6-,22-13-,25-24+;. The van der Waals surface area contributed by atoms with E-state index in [1.54, 1.807) is 32.2 Å². The summed E-state index contributed by atoms with van der Waals surface area (Å²) in [7, 11) is 1.56. The molecule has 1 aliphatic heterocycles. The number of hydrogen-bond acceptors (Lipinski definition) is 8. The largest absolute Gasteiger partial charge is 0.506 e. The zero-order valence-corrected chi connectivity index (χ0v) is 24.2. The summed E-state index contributed by atoms with van der Waals surface area (Å²) in [6, 6.07) is 5.87. The van der Waals surface area contributed by atoms with Crippen molar-refractivity contribution in [3.8, 4) is 0 Å². The molecule has 0 radical (unpaired) electrons. The van der Waals surface area contributed by atoms with Gasteiger partial charge in [0, 0.05) is 32.3 Å². The van der Waals surface area contributed by atoms with Crippen molar-refractivity contribution in [3.63, 3.8) is 0 Å². The molecule has 1 aliphatic rings. The van der Waals surface area contributed by atoms with E-state index in [-0.39, 0.29) is 41.0 Å². The van der Waals surface area contributed by atoms with Crippen LogP contribution in [0, 0.1) is 5.82 Å². The summed E-state index contributed by atoms with van der Waals surface area (Å²) in [4.78, 5) is 39.1. The van der Waals surface area contributed by atoms with Gasteiger partial charge in [0.05, 0.1) is 12.8 Å². The van der Waals surface area contributed by atoms with Gasteiger partial charge in [-0.05, 0) is 70.7 Å². The quantitative estimate of drug-likeness (QED) is 0.116. The van der Waals surface area contributed by atoms with Gasteiger partial charge in [-0.15, -0.1) is 0 Å². The van der Waals surface area contributed by atoms with Crippen molar-refractivity contribution in [3.05, 3.63) is 82.7 Å². The van der Waals surface area contributed by atoms with Crippen LogP contribution in [-0.2, 0) is 30.3 Å². The number of hydrogen-bond donors (Lipinski definition) is 4. The second kappa shape index (κ2) is 18.1. The van der Waals surface area contributed by atoms with Gasteiger partial charge in [0.2, 0.25) is 18.6 Å². The van der Waals surface area contributed by atoms with Crippen molar-refractivity contribution in [1.82, 2.24) is 20.9 Å². The summed E-state index contributed by atoms with van der Waals surface area (Å²) in [5.41, 5.74) is 0.432. The van der Waals surface area contributed by atoms with E-state index < -0.39 is 11.4 Å². The third-order valence-electron chi connectivity index (χ3n) is 5.50. The van der Waals surface area contributed by atoms with E-state index in [0.29, 0.717) is 39.0 Å². The number of aliphatic hydroxyl groups is 1. The number of aliphatic hydroxyl groups excluding tert-OH is 1. The fourth-order valence-corrected chi connectivity index (χ4v) is 3.38. The molecule has 224 valence electrons. The van der Waals surface area contributed by atoms with Crippen LogP contribution in [-0.4, -0.2) is 74.3 Å². The summed E-state index contributed by atoms with van der Waals surface area (Å²) >= 11 is 0. The molecule has 1 aromatic rings. The van der Waals surface area contributed by atoms with E-state index in [4.69, 9.17) is 14.3 Å². The van der Waals surface area contributed by atoms with Crippen LogP contribution >= 0.6 is 0 Å². The number of ether oxygens (including phenoxy) is 2. The number of nitrogens with zero attached hydrogens (tertiary/aromatic N) is 2. The van der Waals surface area contributed by atoms with Gasteiger partial charge in [-0.1, -0.05) is 12.1 Å². The predicted molar refractivity (Wildman–Crippen MR) is 155 cm³/mol. The van der Waals surface area contributed by atoms with Crippen LogP contribution in [0.15, 0.2) is 76.3 Å². The third-order valence-corrected chi connectivity index (χ3v) is 5.50. The van der Waals surface area contributed by atoms with Gasteiger partial charge in [-0.3, -0.25) is 24.3 Å². The minimum atomic E-state index is -0.540. The molecule has 41 heavy (non-hydrogen) atoms. The Kier molecular flexibility index (Phi) is 15.4. The molecule has 0 fully saturated rings. The molecule has 2 rings (SSSR count). The maximum Gasteiger partial charge on any atom is 0.288 e. The van der Waals surface area contributed by atoms with E-state index in [1.165, 1.54) is 24.4 Å². The summed E-state index contributed by atoms with van der Waals surface area (Å²) < 4.78 is 24.5. The number of aliphatic imine (C=N–C) groups is 1. The lowest BCUT2D eigenvalue weighted by molar-refractivity contribution is -0.121. The van der Waals surface area contributed by atoms with Crippen molar-refractivity contribution in [1.29, 1.82) is 0 Å². The Morgan fingerprint density at radius 3 is 2.46 bits per heavy atom. The summed E-state index contributed by atoms with van der Waals surface area (Å²) in [5, 5.41) is 18.7. The Labute approximate surface area is 240 Å². The highest BCUT2D eigenvalue weighted by atomic mass is 19.1. The van der Waals surface area contributed by atoms with Crippen molar-refractivity contribution < 1.29 is 33.4 Å². The van der Waals surface area contributed by atoms with Crippen molar-refractivity contribution in [2.24, 2.45) is 4.99 Å². The second-order valence-electron chi connectivity index (χ2n) is 9.13. The zero-order valence-electron chi connectivity index (χ0n) is 24.2. The molecule has 0 aromatic heterocycles. The van der Waals surface area contributed by atoms with E-state index in [9.17, 15) is 19.1 Å². The molecule has 1 aromatic carbocycles. The smallest absolute Gasteiger partial charge is 0.288 e. The predicted octanol–water partition coefficient (Wildman–Crippen LogP) is 2.84. The minimum absolute atomic E-state index is 0.00436. The Morgan fingerprint density at radius 1 is 1.27 bits per heavy atom. The van der Waals surface area contributed by atoms with Gasteiger partial charge in [0.15, 0.2) is 5.76 Å². The molecule has 4 N–H and O–H groups in total. The lowest BCUT2D eigenvalue weighted by Gasteiger charge is -2.30. The lowest BCUT2D eigenvalue weighted by Crippen LogP contribution is -2.50. The molecule has 0 saturated heterocycles. The Bertz CT molecular complexity index is 1160. The van der Waals surface area contributed by atoms with Crippen LogP contribution < -0.4 is 16.0 Å². The number of rotatable bonds is 14. The van der Waals surface area contributed by atoms with Crippen LogP contribution in [0.25, 0.3) is 0 Å². The van der Waals surface area contributed by atoms with Crippen molar-refractivity contribution >= 4 is 25.4 Å². The van der Waals surface area contributed by atoms with Crippen LogP contribution in [0.2, 0.25) is 0 Å². The highest BCUT2D eigenvalue weighted by molar-refractivity contribution is 5.92. The fourth-order valence-electron chi connectivity index (χ4n) is 3.38. The van der Waals surface area contributed by atoms with Gasteiger partial charge < -0.3 is 30.5 Å². The van der Waals surface area contributed by atoms with E-state index in [1.807, 2.05) is 20.8 Å². The average Bonchev–Trinajstić information content (AvgIpc) is 2.98.